The van der Waals surface area contributed by atoms with Gasteiger partial charge in [-0.05, 0) is 37.2 Å². The first kappa shape index (κ1) is 10.6. The quantitative estimate of drug-likeness (QED) is 0.809. The van der Waals surface area contributed by atoms with Crippen molar-refractivity contribution in [3.05, 3.63) is 40.5 Å². The molecule has 0 amide bonds. The Kier molecular flexibility index (Phi) is 2.53. The van der Waals surface area contributed by atoms with Gasteiger partial charge in [-0.15, -0.1) is 0 Å². The Morgan fingerprint density at radius 1 is 1.29 bits per heavy atom. The number of benzene rings is 1. The van der Waals surface area contributed by atoms with Crippen LogP contribution in [-0.4, -0.2) is 16.3 Å². The van der Waals surface area contributed by atoms with Gasteiger partial charge in [0.05, 0.1) is 11.4 Å². The van der Waals surface area contributed by atoms with Crippen LogP contribution in [0.1, 0.15) is 11.3 Å². The minimum atomic E-state index is 0.714. The molecule has 1 aromatic carbocycles. The number of aromatic nitrogens is 2. The molecule has 88 valence electrons. The maximum absolute atomic E-state index is 6.13. The largest absolute Gasteiger partial charge is 0.383 e. The van der Waals surface area contributed by atoms with E-state index in [1.165, 1.54) is 5.56 Å². The first-order chi connectivity index (χ1) is 8.25. The molecule has 3 rings (SSSR count). The molecule has 0 saturated heterocycles. The maximum Gasteiger partial charge on any atom is 0.130 e. The highest BCUT2D eigenvalue weighted by atomic mass is 35.5. The van der Waals surface area contributed by atoms with E-state index in [0.717, 1.165) is 36.7 Å². The summed E-state index contributed by atoms with van der Waals surface area (Å²) in [4.78, 5) is 0. The fraction of sp³-hybridized carbons (Fsp3) is 0.250. The highest BCUT2D eigenvalue weighted by molar-refractivity contribution is 6.30. The predicted octanol–water partition coefficient (Wildman–Crippen LogP) is 1.75. The zero-order chi connectivity index (χ0) is 11.8. The molecule has 0 fully saturated rings. The minimum absolute atomic E-state index is 0.714. The van der Waals surface area contributed by atoms with Gasteiger partial charge in [0.2, 0.25) is 0 Å². The molecule has 1 aliphatic heterocycles. The van der Waals surface area contributed by atoms with Crippen molar-refractivity contribution in [1.82, 2.24) is 15.1 Å². The number of nitrogens with zero attached hydrogens (tertiary/aromatic N) is 2. The van der Waals surface area contributed by atoms with Gasteiger partial charge in [-0.1, -0.05) is 11.6 Å². The number of nitrogen functional groups attached to an aromatic ring is 1. The second kappa shape index (κ2) is 4.05. The number of rotatable bonds is 1. The Balaban J connectivity index is 2.09. The molecule has 17 heavy (non-hydrogen) atoms. The smallest absolute Gasteiger partial charge is 0.130 e. The average molecular weight is 249 g/mol. The van der Waals surface area contributed by atoms with Crippen LogP contribution in [0.4, 0.5) is 5.82 Å². The third-order valence-electron chi connectivity index (χ3n) is 3.02. The molecule has 4 nitrogen and oxygen atoms in total. The molecule has 2 aromatic rings. The lowest BCUT2D eigenvalue weighted by molar-refractivity contribution is 0.629. The van der Waals surface area contributed by atoms with Crippen LogP contribution >= 0.6 is 11.6 Å². The number of fused-ring (bicyclic) bond motifs is 1. The van der Waals surface area contributed by atoms with Gasteiger partial charge in [0.15, 0.2) is 0 Å². The van der Waals surface area contributed by atoms with Crippen LogP contribution in [0, 0.1) is 0 Å². The molecule has 0 unspecified atom stereocenters. The topological polar surface area (TPSA) is 55.9 Å². The number of halogens is 1. The first-order valence-electron chi connectivity index (χ1n) is 5.58. The van der Waals surface area contributed by atoms with Crippen molar-refractivity contribution in [1.29, 1.82) is 0 Å². The van der Waals surface area contributed by atoms with Gasteiger partial charge in [0, 0.05) is 17.1 Å². The summed E-state index contributed by atoms with van der Waals surface area (Å²) in [5.41, 5.74) is 9.29. The van der Waals surface area contributed by atoms with Crippen molar-refractivity contribution in [3.8, 4) is 5.69 Å². The van der Waals surface area contributed by atoms with E-state index in [2.05, 4.69) is 10.4 Å². The molecule has 0 bridgehead atoms. The predicted molar refractivity (Wildman–Crippen MR) is 68.4 cm³/mol. The molecular weight excluding hydrogens is 236 g/mol. The number of hydrogen-bond acceptors (Lipinski definition) is 3. The number of anilines is 1. The lowest BCUT2D eigenvalue weighted by atomic mass is 10.1. The van der Waals surface area contributed by atoms with E-state index in [4.69, 9.17) is 17.3 Å². The summed E-state index contributed by atoms with van der Waals surface area (Å²) in [6, 6.07) is 7.53. The van der Waals surface area contributed by atoms with Crippen LogP contribution in [0.5, 0.6) is 0 Å². The van der Waals surface area contributed by atoms with Gasteiger partial charge in [-0.3, -0.25) is 0 Å². The summed E-state index contributed by atoms with van der Waals surface area (Å²) in [7, 11) is 0. The van der Waals surface area contributed by atoms with Crippen molar-refractivity contribution < 1.29 is 0 Å². The number of nitrogens with two attached hydrogens (primary N) is 1. The third kappa shape index (κ3) is 1.79. The lowest BCUT2D eigenvalue weighted by Gasteiger charge is -2.10. The van der Waals surface area contributed by atoms with Crippen LogP contribution in [-0.2, 0) is 13.0 Å². The monoisotopic (exact) mass is 248 g/mol. The minimum Gasteiger partial charge on any atom is -0.383 e. The number of hydrogen-bond donors (Lipinski definition) is 2. The molecule has 5 heteroatoms. The Bertz CT molecular complexity index is 544. The van der Waals surface area contributed by atoms with Crippen LogP contribution in [0.2, 0.25) is 5.02 Å². The summed E-state index contributed by atoms with van der Waals surface area (Å²) in [6.45, 7) is 1.75. The molecule has 0 aliphatic carbocycles. The van der Waals surface area contributed by atoms with Gasteiger partial charge in [0.25, 0.3) is 0 Å². The first-order valence-corrected chi connectivity index (χ1v) is 5.96. The van der Waals surface area contributed by atoms with Crippen LogP contribution < -0.4 is 11.1 Å². The fourth-order valence-electron chi connectivity index (χ4n) is 2.12. The molecule has 0 spiro atoms. The van der Waals surface area contributed by atoms with Crippen LogP contribution in [0.25, 0.3) is 5.69 Å². The second-order valence-corrected chi connectivity index (χ2v) is 4.56. The van der Waals surface area contributed by atoms with E-state index in [0.29, 0.717) is 5.02 Å². The van der Waals surface area contributed by atoms with E-state index in [9.17, 15) is 0 Å². The van der Waals surface area contributed by atoms with Crippen molar-refractivity contribution in [3.63, 3.8) is 0 Å². The molecule has 0 atom stereocenters. The molecule has 3 N–H and O–H groups in total. The summed E-state index contributed by atoms with van der Waals surface area (Å²) in [6.07, 6.45) is 0.939. The fourth-order valence-corrected chi connectivity index (χ4v) is 2.25. The van der Waals surface area contributed by atoms with E-state index in [-0.39, 0.29) is 0 Å². The van der Waals surface area contributed by atoms with E-state index >= 15 is 0 Å². The summed E-state index contributed by atoms with van der Waals surface area (Å²) < 4.78 is 1.79. The number of nitrogens with one attached hydrogen (secondary N) is 1. The van der Waals surface area contributed by atoms with Crippen LogP contribution in [0.15, 0.2) is 24.3 Å². The van der Waals surface area contributed by atoms with E-state index in [1.54, 1.807) is 4.68 Å². The van der Waals surface area contributed by atoms with Gasteiger partial charge in [-0.25, -0.2) is 4.68 Å². The molecule has 1 aromatic heterocycles. The molecule has 0 saturated carbocycles. The average Bonchev–Trinajstić information content (AvgIpc) is 2.69. The third-order valence-corrected chi connectivity index (χ3v) is 3.27. The Morgan fingerprint density at radius 3 is 2.76 bits per heavy atom. The van der Waals surface area contributed by atoms with Crippen LogP contribution in [0.3, 0.4) is 0 Å². The van der Waals surface area contributed by atoms with Gasteiger partial charge in [-0.2, -0.15) is 5.10 Å². The van der Waals surface area contributed by atoms with E-state index in [1.807, 2.05) is 24.3 Å². The molecule has 1 aliphatic rings. The highest BCUT2D eigenvalue weighted by Gasteiger charge is 2.18. The normalized spacial score (nSPS) is 14.6. The Hall–Kier alpha value is -1.52. The van der Waals surface area contributed by atoms with Crippen molar-refractivity contribution in [2.24, 2.45) is 0 Å². The molecule has 0 radical (unpaired) electrons. The Morgan fingerprint density at radius 2 is 2.06 bits per heavy atom. The zero-order valence-corrected chi connectivity index (χ0v) is 10.0. The summed E-state index contributed by atoms with van der Waals surface area (Å²) in [5.74, 6) is 0.740. The zero-order valence-electron chi connectivity index (χ0n) is 9.28. The van der Waals surface area contributed by atoms with Crippen molar-refractivity contribution in [2.45, 2.75) is 13.0 Å². The molecular formula is C12H13ClN4. The Labute approximate surface area is 104 Å². The second-order valence-electron chi connectivity index (χ2n) is 4.13. The highest BCUT2D eigenvalue weighted by Crippen LogP contribution is 2.24. The van der Waals surface area contributed by atoms with E-state index < -0.39 is 0 Å². The van der Waals surface area contributed by atoms with Crippen molar-refractivity contribution in [2.75, 3.05) is 12.3 Å². The SMILES string of the molecule is Nc1c2c(nn1-c1ccc(Cl)cc1)CNCC2. The summed E-state index contributed by atoms with van der Waals surface area (Å²) >= 11 is 5.87. The van der Waals surface area contributed by atoms with Gasteiger partial charge < -0.3 is 11.1 Å². The van der Waals surface area contributed by atoms with Gasteiger partial charge in [0.1, 0.15) is 5.82 Å². The lowest BCUT2D eigenvalue weighted by Crippen LogP contribution is -2.23. The molecule has 2 heterocycles. The van der Waals surface area contributed by atoms with Gasteiger partial charge >= 0.3 is 0 Å². The summed E-state index contributed by atoms with van der Waals surface area (Å²) in [5, 5.41) is 8.54. The van der Waals surface area contributed by atoms with Crippen molar-refractivity contribution >= 4 is 17.4 Å². The maximum atomic E-state index is 6.13. The standard InChI is InChI=1S/C12H13ClN4/c13-8-1-3-9(4-2-8)17-12(14)10-5-6-15-7-11(10)16-17/h1-4,15H,5-7,14H2.